The predicted octanol–water partition coefficient (Wildman–Crippen LogP) is 5.77. The minimum absolute atomic E-state index is 0.241. The van der Waals surface area contributed by atoms with Crippen molar-refractivity contribution in [3.63, 3.8) is 0 Å². The van der Waals surface area contributed by atoms with Crippen molar-refractivity contribution in [3.05, 3.63) is 68.6 Å². The zero-order valence-electron chi connectivity index (χ0n) is 21.4. The molecule has 0 aromatic carbocycles. The van der Waals surface area contributed by atoms with Crippen molar-refractivity contribution in [2.75, 3.05) is 0 Å². The van der Waals surface area contributed by atoms with Crippen LogP contribution in [0.25, 0.3) is 0 Å². The van der Waals surface area contributed by atoms with Gasteiger partial charge in [0.25, 0.3) is 0 Å². The third-order valence-electron chi connectivity index (χ3n) is 11.1. The van der Waals surface area contributed by atoms with E-state index in [1.54, 1.807) is 0 Å². The van der Waals surface area contributed by atoms with Gasteiger partial charge in [-0.3, -0.25) is 0 Å². The van der Waals surface area contributed by atoms with Crippen LogP contribution in [-0.4, -0.2) is 0 Å². The van der Waals surface area contributed by atoms with Gasteiger partial charge in [0.1, 0.15) is 5.41 Å². The molecule has 0 N–H and O–H groups in total. The van der Waals surface area contributed by atoms with Crippen LogP contribution in [0.2, 0.25) is 0 Å². The molecule has 0 unspecified atom stereocenters. The Balaban J connectivity index is 1.47. The third kappa shape index (κ3) is 2.33. The Hall–Kier alpha value is -2.10. The Labute approximate surface area is 198 Å². The van der Waals surface area contributed by atoms with E-state index < -0.39 is 5.41 Å². The quantitative estimate of drug-likeness (QED) is 0.434. The summed E-state index contributed by atoms with van der Waals surface area (Å²) in [5.41, 5.74) is 5.54. The highest BCUT2D eigenvalue weighted by atomic mass is 16.5. The SMILES string of the molecule is C[C@@H]1c2c(ccc(C(C)(C)c3ccc4c([n+]3[O-])[C@@H](C)[C@H]3C[C@@H]4C3(C)C)[n+]2[O-])[C@@H]2C[C@H]1C2(C)C. The summed E-state index contributed by atoms with van der Waals surface area (Å²) in [5.74, 6) is 2.52. The van der Waals surface area contributed by atoms with Gasteiger partial charge in [0.2, 0.25) is 11.4 Å². The molecule has 33 heavy (non-hydrogen) atoms. The molecule has 2 saturated carbocycles. The zero-order valence-corrected chi connectivity index (χ0v) is 21.4. The first kappa shape index (κ1) is 21.4. The minimum atomic E-state index is -0.679. The molecule has 2 fully saturated rings. The van der Waals surface area contributed by atoms with E-state index in [-0.39, 0.29) is 22.7 Å². The van der Waals surface area contributed by atoms with Gasteiger partial charge in [-0.15, -0.1) is 0 Å². The van der Waals surface area contributed by atoms with Gasteiger partial charge in [-0.1, -0.05) is 41.5 Å². The number of hydrogen-bond acceptors (Lipinski definition) is 2. The lowest BCUT2D eigenvalue weighted by molar-refractivity contribution is -0.646. The standard InChI is InChI=1S/C29H38N2O2/c1-15-19-13-21(27(19,3)4)17-9-11-23(30(32)25(15)17)29(7,8)24-12-10-18-22-14-20(28(22,5)6)16(2)26(18)31(24)33/h9-12,15-16,19-22H,13-14H2,1-8H3/t15-,16-,19+,20+,21-,22-/m0/s1. The Morgan fingerprint density at radius 1 is 0.727 bits per heavy atom. The summed E-state index contributed by atoms with van der Waals surface area (Å²) in [5, 5.41) is 27.7. The van der Waals surface area contributed by atoms with Crippen LogP contribution in [0, 0.1) is 33.1 Å². The molecule has 2 aromatic heterocycles. The summed E-state index contributed by atoms with van der Waals surface area (Å²) in [6, 6.07) is 8.37. The highest BCUT2D eigenvalue weighted by Gasteiger charge is 2.60. The van der Waals surface area contributed by atoms with Gasteiger partial charge in [0.05, 0.1) is 0 Å². The van der Waals surface area contributed by atoms with Crippen LogP contribution >= 0.6 is 0 Å². The summed E-state index contributed by atoms with van der Waals surface area (Å²) in [6.45, 7) is 17.9. The Bertz CT molecular complexity index is 1100. The smallest absolute Gasteiger partial charge is 0.209 e. The van der Waals surface area contributed by atoms with Crippen molar-refractivity contribution >= 4 is 0 Å². The van der Waals surface area contributed by atoms with E-state index >= 15 is 0 Å². The van der Waals surface area contributed by atoms with Gasteiger partial charge in [-0.05, 0) is 73.3 Å². The van der Waals surface area contributed by atoms with Crippen molar-refractivity contribution in [2.45, 2.75) is 97.3 Å². The Morgan fingerprint density at radius 2 is 1.09 bits per heavy atom. The third-order valence-corrected chi connectivity index (χ3v) is 11.1. The van der Waals surface area contributed by atoms with Crippen molar-refractivity contribution in [2.24, 2.45) is 22.7 Å². The number of hydrogen-bond donors (Lipinski definition) is 0. The van der Waals surface area contributed by atoms with Gasteiger partial charge in [-0.25, -0.2) is 0 Å². The Morgan fingerprint density at radius 3 is 1.42 bits per heavy atom. The lowest BCUT2D eigenvalue weighted by Gasteiger charge is -2.58. The zero-order chi connectivity index (χ0) is 23.8. The van der Waals surface area contributed by atoms with Crippen LogP contribution in [0.5, 0.6) is 0 Å². The van der Waals surface area contributed by atoms with Gasteiger partial charge in [-0.2, -0.15) is 9.46 Å². The number of pyridine rings is 2. The molecule has 0 saturated heterocycles. The molecule has 0 aliphatic heterocycles. The van der Waals surface area contributed by atoms with E-state index in [4.69, 9.17) is 0 Å². The van der Waals surface area contributed by atoms with Crippen LogP contribution < -0.4 is 9.46 Å². The molecule has 6 aliphatic carbocycles. The predicted molar refractivity (Wildman–Crippen MR) is 129 cm³/mol. The van der Waals surface area contributed by atoms with Gasteiger partial charge >= 0.3 is 0 Å². The normalized spacial score (nSPS) is 34.5. The van der Waals surface area contributed by atoms with Crippen LogP contribution in [0.3, 0.4) is 0 Å². The first-order valence-electron chi connectivity index (χ1n) is 12.8. The molecule has 0 amide bonds. The van der Waals surface area contributed by atoms with Crippen molar-refractivity contribution in [3.8, 4) is 0 Å². The molecular formula is C29H38N2O2. The molecule has 8 rings (SSSR count). The second kappa shape index (κ2) is 6.12. The second-order valence-corrected chi connectivity index (χ2v) is 13.3. The number of rotatable bonds is 2. The first-order valence-corrected chi connectivity index (χ1v) is 12.8. The summed E-state index contributed by atoms with van der Waals surface area (Å²) in [7, 11) is 0. The van der Waals surface area contributed by atoms with E-state index in [9.17, 15) is 10.4 Å². The maximum atomic E-state index is 13.8. The summed E-state index contributed by atoms with van der Waals surface area (Å²) in [4.78, 5) is 0. The fourth-order valence-corrected chi connectivity index (χ4v) is 8.73. The molecule has 4 heteroatoms. The van der Waals surface area contributed by atoms with Crippen molar-refractivity contribution in [1.82, 2.24) is 0 Å². The topological polar surface area (TPSA) is 53.9 Å². The van der Waals surface area contributed by atoms with Crippen LogP contribution in [0.15, 0.2) is 24.3 Å². The van der Waals surface area contributed by atoms with Crippen LogP contribution in [0.4, 0.5) is 0 Å². The van der Waals surface area contributed by atoms with E-state index in [1.165, 1.54) is 33.4 Å². The highest BCUT2D eigenvalue weighted by Crippen LogP contribution is 2.67. The molecule has 176 valence electrons. The average molecular weight is 447 g/mol. The molecule has 4 bridgehead atoms. The first-order chi connectivity index (χ1) is 15.3. The average Bonchev–Trinajstić information content (AvgIpc) is 2.72. The molecule has 6 atom stereocenters. The largest absolute Gasteiger partial charge is 0.618 e. The minimum Gasteiger partial charge on any atom is -0.618 e. The monoisotopic (exact) mass is 446 g/mol. The van der Waals surface area contributed by atoms with E-state index in [0.29, 0.717) is 35.1 Å². The molecule has 4 nitrogen and oxygen atoms in total. The molecule has 0 radical (unpaired) electrons. The summed E-state index contributed by atoms with van der Waals surface area (Å²) in [6.07, 6.45) is 2.37. The van der Waals surface area contributed by atoms with Crippen LogP contribution in [0.1, 0.15) is 126 Å². The fourth-order valence-electron chi connectivity index (χ4n) is 8.73. The second-order valence-electron chi connectivity index (χ2n) is 13.3. The van der Waals surface area contributed by atoms with Crippen LogP contribution in [-0.2, 0) is 5.41 Å². The van der Waals surface area contributed by atoms with Gasteiger partial charge in [0, 0.05) is 35.1 Å². The van der Waals surface area contributed by atoms with Gasteiger partial charge in [0.15, 0.2) is 11.4 Å². The van der Waals surface area contributed by atoms with Crippen molar-refractivity contribution in [1.29, 1.82) is 0 Å². The van der Waals surface area contributed by atoms with Gasteiger partial charge < -0.3 is 10.4 Å². The molecule has 6 aliphatic rings. The maximum Gasteiger partial charge on any atom is 0.209 e. The highest BCUT2D eigenvalue weighted by molar-refractivity contribution is 5.41. The lowest BCUT2D eigenvalue weighted by Crippen LogP contribution is -2.58. The maximum absolute atomic E-state index is 13.8. The van der Waals surface area contributed by atoms with E-state index in [0.717, 1.165) is 11.4 Å². The fraction of sp³-hybridized carbons (Fsp3) is 0.655. The van der Waals surface area contributed by atoms with E-state index in [1.807, 2.05) is 26.0 Å². The number of nitrogens with zero attached hydrogens (tertiary/aromatic N) is 2. The number of aromatic nitrogens is 2. The summed E-state index contributed by atoms with van der Waals surface area (Å²) >= 11 is 0. The molecular weight excluding hydrogens is 408 g/mol. The molecule has 0 spiro atoms. The van der Waals surface area contributed by atoms with Crippen molar-refractivity contribution < 1.29 is 9.46 Å². The summed E-state index contributed by atoms with van der Waals surface area (Å²) < 4.78 is 2.38. The molecule has 2 aromatic rings. The lowest BCUT2D eigenvalue weighted by atomic mass is 9.45. The van der Waals surface area contributed by atoms with E-state index in [2.05, 4.69) is 53.7 Å². The molecule has 2 heterocycles. The Kier molecular flexibility index (Phi) is 3.97.